The molecule has 0 bridgehead atoms. The Kier molecular flexibility index (Phi) is 6.09. The number of hydrogen-bond acceptors (Lipinski definition) is 6. The second-order valence-corrected chi connectivity index (χ2v) is 5.27. The Balaban J connectivity index is 2.12. The van der Waals surface area contributed by atoms with Gasteiger partial charge in [0.25, 0.3) is 0 Å². The molecule has 1 N–H and O–H groups in total. The molecule has 0 unspecified atom stereocenters. The van der Waals surface area contributed by atoms with Gasteiger partial charge in [0.15, 0.2) is 5.82 Å². The van der Waals surface area contributed by atoms with Gasteiger partial charge in [0.2, 0.25) is 5.95 Å². The van der Waals surface area contributed by atoms with Crippen LogP contribution in [-0.4, -0.2) is 41.5 Å². The molecule has 0 amide bonds. The van der Waals surface area contributed by atoms with E-state index in [2.05, 4.69) is 51.4 Å². The van der Waals surface area contributed by atoms with Crippen LogP contribution in [0.1, 0.15) is 19.4 Å². The lowest BCUT2D eigenvalue weighted by Crippen LogP contribution is -2.31. The first-order valence-electron chi connectivity index (χ1n) is 7.44. The summed E-state index contributed by atoms with van der Waals surface area (Å²) in [7, 11) is 1.66. The van der Waals surface area contributed by atoms with Crippen LogP contribution in [0.15, 0.2) is 36.5 Å². The van der Waals surface area contributed by atoms with E-state index < -0.39 is 0 Å². The highest BCUT2D eigenvalue weighted by Crippen LogP contribution is 2.17. The quantitative estimate of drug-likeness (QED) is 0.755. The fraction of sp³-hybridized carbons (Fsp3) is 0.438. The van der Waals surface area contributed by atoms with Crippen molar-refractivity contribution < 1.29 is 4.74 Å². The number of nitrogens with zero attached hydrogens (tertiary/aromatic N) is 4. The third-order valence-corrected chi connectivity index (χ3v) is 3.25. The van der Waals surface area contributed by atoms with Gasteiger partial charge < -0.3 is 15.0 Å². The SMILES string of the molecule is COCCNc1nncc(N(Cc2ccccc2)C(C)C)n1. The first-order valence-corrected chi connectivity index (χ1v) is 7.44. The van der Waals surface area contributed by atoms with Crippen molar-refractivity contribution in [1.29, 1.82) is 0 Å². The van der Waals surface area contributed by atoms with Crippen LogP contribution in [-0.2, 0) is 11.3 Å². The lowest BCUT2D eigenvalue weighted by molar-refractivity contribution is 0.210. The summed E-state index contributed by atoms with van der Waals surface area (Å²) < 4.78 is 5.01. The van der Waals surface area contributed by atoms with Crippen molar-refractivity contribution >= 4 is 11.8 Å². The van der Waals surface area contributed by atoms with Gasteiger partial charge in [-0.05, 0) is 19.4 Å². The van der Waals surface area contributed by atoms with Crippen LogP contribution < -0.4 is 10.2 Å². The number of anilines is 2. The maximum atomic E-state index is 5.01. The maximum Gasteiger partial charge on any atom is 0.244 e. The summed E-state index contributed by atoms with van der Waals surface area (Å²) in [5.74, 6) is 1.34. The summed E-state index contributed by atoms with van der Waals surface area (Å²) in [6.45, 7) is 6.33. The van der Waals surface area contributed by atoms with E-state index in [-0.39, 0.29) is 0 Å². The fourth-order valence-electron chi connectivity index (χ4n) is 2.08. The van der Waals surface area contributed by atoms with Gasteiger partial charge in [-0.25, -0.2) is 0 Å². The number of aromatic nitrogens is 3. The molecule has 0 fully saturated rings. The predicted molar refractivity (Wildman–Crippen MR) is 88.0 cm³/mol. The average Bonchev–Trinajstić information content (AvgIpc) is 2.54. The molecule has 0 radical (unpaired) electrons. The summed E-state index contributed by atoms with van der Waals surface area (Å²) in [4.78, 5) is 6.75. The van der Waals surface area contributed by atoms with Crippen molar-refractivity contribution in [3.05, 3.63) is 42.1 Å². The van der Waals surface area contributed by atoms with Crippen LogP contribution >= 0.6 is 0 Å². The van der Waals surface area contributed by atoms with Crippen molar-refractivity contribution in [3.63, 3.8) is 0 Å². The lowest BCUT2D eigenvalue weighted by Gasteiger charge is -2.27. The lowest BCUT2D eigenvalue weighted by atomic mass is 10.2. The van der Waals surface area contributed by atoms with E-state index in [0.717, 1.165) is 12.4 Å². The van der Waals surface area contributed by atoms with Gasteiger partial charge in [0, 0.05) is 26.2 Å². The van der Waals surface area contributed by atoms with Gasteiger partial charge in [-0.3, -0.25) is 0 Å². The van der Waals surface area contributed by atoms with Crippen molar-refractivity contribution in [2.24, 2.45) is 0 Å². The fourth-order valence-corrected chi connectivity index (χ4v) is 2.08. The van der Waals surface area contributed by atoms with Crippen LogP contribution in [0.2, 0.25) is 0 Å². The maximum absolute atomic E-state index is 5.01. The van der Waals surface area contributed by atoms with Gasteiger partial charge >= 0.3 is 0 Å². The van der Waals surface area contributed by atoms with Crippen molar-refractivity contribution in [3.8, 4) is 0 Å². The summed E-state index contributed by atoms with van der Waals surface area (Å²) >= 11 is 0. The van der Waals surface area contributed by atoms with E-state index in [1.807, 2.05) is 18.2 Å². The molecular formula is C16H23N5O. The molecule has 0 aliphatic carbocycles. The van der Waals surface area contributed by atoms with Crippen molar-refractivity contribution in [2.75, 3.05) is 30.5 Å². The zero-order valence-electron chi connectivity index (χ0n) is 13.4. The van der Waals surface area contributed by atoms with Crippen LogP contribution in [0.3, 0.4) is 0 Å². The molecule has 0 aliphatic rings. The summed E-state index contributed by atoms with van der Waals surface area (Å²) in [5, 5.41) is 11.2. The minimum atomic E-state index is 0.309. The molecular weight excluding hydrogens is 278 g/mol. The smallest absolute Gasteiger partial charge is 0.244 e. The second-order valence-electron chi connectivity index (χ2n) is 5.27. The molecule has 1 heterocycles. The van der Waals surface area contributed by atoms with Gasteiger partial charge in [-0.2, -0.15) is 10.1 Å². The van der Waals surface area contributed by atoms with E-state index in [4.69, 9.17) is 4.74 Å². The number of methoxy groups -OCH3 is 1. The number of nitrogens with one attached hydrogen (secondary N) is 1. The third-order valence-electron chi connectivity index (χ3n) is 3.25. The highest BCUT2D eigenvalue weighted by Gasteiger charge is 2.14. The van der Waals surface area contributed by atoms with Gasteiger partial charge in [0.1, 0.15) is 0 Å². The van der Waals surface area contributed by atoms with Crippen molar-refractivity contribution in [1.82, 2.24) is 15.2 Å². The van der Waals surface area contributed by atoms with Gasteiger partial charge in [-0.15, -0.1) is 5.10 Å². The van der Waals surface area contributed by atoms with Gasteiger partial charge in [-0.1, -0.05) is 30.3 Å². The molecule has 0 spiro atoms. The largest absolute Gasteiger partial charge is 0.383 e. The Labute approximate surface area is 131 Å². The Bertz CT molecular complexity index is 561. The molecule has 2 rings (SSSR count). The van der Waals surface area contributed by atoms with Crippen LogP contribution in [0, 0.1) is 0 Å². The molecule has 118 valence electrons. The number of rotatable bonds is 8. The minimum Gasteiger partial charge on any atom is -0.383 e. The first kappa shape index (κ1) is 16.2. The molecule has 2 aromatic rings. The molecule has 22 heavy (non-hydrogen) atoms. The summed E-state index contributed by atoms with van der Waals surface area (Å²) in [6.07, 6.45) is 1.70. The number of hydrogen-bond donors (Lipinski definition) is 1. The Morgan fingerprint density at radius 1 is 1.23 bits per heavy atom. The topological polar surface area (TPSA) is 63.2 Å². The Hall–Kier alpha value is -2.21. The van der Waals surface area contributed by atoms with Gasteiger partial charge in [0.05, 0.1) is 12.8 Å². The van der Waals surface area contributed by atoms with Crippen LogP contribution in [0.5, 0.6) is 0 Å². The van der Waals surface area contributed by atoms with E-state index in [9.17, 15) is 0 Å². The Morgan fingerprint density at radius 2 is 2.00 bits per heavy atom. The molecule has 1 aromatic carbocycles. The van der Waals surface area contributed by atoms with E-state index >= 15 is 0 Å². The standard InChI is InChI=1S/C16H23N5O/c1-13(2)21(12-14-7-5-4-6-8-14)15-11-18-20-16(19-15)17-9-10-22-3/h4-8,11,13H,9-10,12H2,1-3H3,(H,17,19,20). The third kappa shape index (κ3) is 4.66. The summed E-state index contributed by atoms with van der Waals surface area (Å²) in [5.41, 5.74) is 1.24. The monoisotopic (exact) mass is 301 g/mol. The second kappa shape index (κ2) is 8.29. The van der Waals surface area contributed by atoms with E-state index in [0.29, 0.717) is 25.1 Å². The highest BCUT2D eigenvalue weighted by atomic mass is 16.5. The normalized spacial score (nSPS) is 10.7. The molecule has 1 aromatic heterocycles. The minimum absolute atomic E-state index is 0.309. The molecule has 6 nitrogen and oxygen atoms in total. The molecule has 0 atom stereocenters. The first-order chi connectivity index (χ1) is 10.7. The molecule has 0 saturated heterocycles. The van der Waals surface area contributed by atoms with E-state index in [1.54, 1.807) is 13.3 Å². The molecule has 0 saturated carbocycles. The molecule has 0 aliphatic heterocycles. The number of benzene rings is 1. The Morgan fingerprint density at radius 3 is 2.68 bits per heavy atom. The van der Waals surface area contributed by atoms with E-state index in [1.165, 1.54) is 5.56 Å². The zero-order chi connectivity index (χ0) is 15.8. The zero-order valence-corrected chi connectivity index (χ0v) is 13.4. The average molecular weight is 301 g/mol. The summed E-state index contributed by atoms with van der Waals surface area (Å²) in [6, 6.07) is 10.6. The predicted octanol–water partition coefficient (Wildman–Crippen LogP) is 2.34. The van der Waals surface area contributed by atoms with Crippen LogP contribution in [0.25, 0.3) is 0 Å². The highest BCUT2D eigenvalue weighted by molar-refractivity contribution is 5.42. The van der Waals surface area contributed by atoms with Crippen molar-refractivity contribution in [2.45, 2.75) is 26.4 Å². The number of ether oxygens (including phenoxy) is 1. The molecule has 6 heteroatoms. The van der Waals surface area contributed by atoms with Crippen LogP contribution in [0.4, 0.5) is 11.8 Å².